The Balaban J connectivity index is 2.09. The van der Waals surface area contributed by atoms with Gasteiger partial charge in [0.25, 0.3) is 0 Å². The molecule has 2 rings (SSSR count). The van der Waals surface area contributed by atoms with Crippen LogP contribution < -0.4 is 0 Å². The van der Waals surface area contributed by atoms with Crippen molar-refractivity contribution in [2.45, 2.75) is 24.3 Å². The quantitative estimate of drug-likeness (QED) is 0.657. The Morgan fingerprint density at radius 3 is 1.95 bits per heavy atom. The van der Waals surface area contributed by atoms with E-state index in [1.807, 2.05) is 19.1 Å². The van der Waals surface area contributed by atoms with Gasteiger partial charge in [0.1, 0.15) is 0 Å². The van der Waals surface area contributed by atoms with E-state index in [2.05, 4.69) is 64.5 Å². The minimum absolute atomic E-state index is 0.135. The molecule has 2 atom stereocenters. The molecule has 0 bridgehead atoms. The molecule has 0 saturated heterocycles. The van der Waals surface area contributed by atoms with Crippen LogP contribution in [0, 0.1) is 0 Å². The van der Waals surface area contributed by atoms with Crippen LogP contribution in [-0.4, -0.2) is 6.61 Å². The van der Waals surface area contributed by atoms with Gasteiger partial charge in [-0.05, 0) is 24.5 Å². The molecule has 0 unspecified atom stereocenters. The second-order valence-electron chi connectivity index (χ2n) is 4.47. The van der Waals surface area contributed by atoms with Gasteiger partial charge < -0.3 is 4.74 Å². The lowest BCUT2D eigenvalue weighted by Crippen LogP contribution is -2.07. The van der Waals surface area contributed by atoms with Crippen LogP contribution in [-0.2, 0) is 4.74 Å². The summed E-state index contributed by atoms with van der Waals surface area (Å²) in [6.07, 6.45) is 1.07. The molecule has 0 heterocycles. The summed E-state index contributed by atoms with van der Waals surface area (Å²) in [7, 11) is 0. The summed E-state index contributed by atoms with van der Waals surface area (Å²) < 4.78 is 5.89. The first-order chi connectivity index (χ1) is 9.31. The minimum atomic E-state index is 0.135. The number of ether oxygens (including phenoxy) is 1. The number of halogens is 1. The van der Waals surface area contributed by atoms with Crippen LogP contribution in [0.1, 0.15) is 35.4 Å². The third-order valence-corrected chi connectivity index (χ3v) is 4.02. The standard InChI is InChI=1S/C17H19BrO/c1-2-19-17(15-11-7-4-8-12-15)13-16(18)14-9-5-3-6-10-14/h3-12,16-17H,2,13H2,1H3/t16-,17-/m1/s1. The summed E-state index contributed by atoms with van der Waals surface area (Å²) in [5.74, 6) is 0. The predicted molar refractivity (Wildman–Crippen MR) is 83.5 cm³/mol. The lowest BCUT2D eigenvalue weighted by Gasteiger charge is -2.21. The SMILES string of the molecule is CCO[C@H](C[C@@H](Br)c1ccccc1)c1ccccc1. The van der Waals surface area contributed by atoms with Gasteiger partial charge in [0.05, 0.1) is 6.10 Å². The third kappa shape index (κ3) is 4.19. The predicted octanol–water partition coefficient (Wildman–Crippen LogP) is 5.29. The highest BCUT2D eigenvalue weighted by atomic mass is 79.9. The van der Waals surface area contributed by atoms with Crippen molar-refractivity contribution in [3.05, 3.63) is 71.8 Å². The van der Waals surface area contributed by atoms with Gasteiger partial charge >= 0.3 is 0 Å². The maximum atomic E-state index is 5.89. The van der Waals surface area contributed by atoms with Gasteiger partial charge in [0.15, 0.2) is 0 Å². The molecule has 0 aromatic heterocycles. The van der Waals surface area contributed by atoms with Gasteiger partial charge in [-0.3, -0.25) is 0 Å². The van der Waals surface area contributed by atoms with Crippen LogP contribution in [0.25, 0.3) is 0 Å². The second kappa shape index (κ2) is 7.46. The fourth-order valence-corrected chi connectivity index (χ4v) is 2.80. The number of hydrogen-bond acceptors (Lipinski definition) is 1. The maximum Gasteiger partial charge on any atom is 0.0838 e. The van der Waals surface area contributed by atoms with Crippen LogP contribution in [0.4, 0.5) is 0 Å². The zero-order valence-corrected chi connectivity index (χ0v) is 12.7. The number of alkyl halides is 1. The Morgan fingerprint density at radius 2 is 1.42 bits per heavy atom. The van der Waals surface area contributed by atoms with Crippen molar-refractivity contribution < 1.29 is 4.74 Å². The average Bonchev–Trinajstić information content (AvgIpc) is 2.48. The average molecular weight is 319 g/mol. The van der Waals surface area contributed by atoms with E-state index < -0.39 is 0 Å². The summed E-state index contributed by atoms with van der Waals surface area (Å²) in [5, 5.41) is 0. The lowest BCUT2D eigenvalue weighted by molar-refractivity contribution is 0.0562. The third-order valence-electron chi connectivity index (χ3n) is 3.12. The first kappa shape index (κ1) is 14.3. The Kier molecular flexibility index (Phi) is 5.62. The molecule has 2 aromatic rings. The summed E-state index contributed by atoms with van der Waals surface area (Å²) in [4.78, 5) is 0.311. The number of benzene rings is 2. The first-order valence-corrected chi connectivity index (χ1v) is 7.58. The number of hydrogen-bond donors (Lipinski definition) is 0. The Morgan fingerprint density at radius 1 is 0.895 bits per heavy atom. The zero-order chi connectivity index (χ0) is 13.5. The molecular formula is C17H19BrO. The highest BCUT2D eigenvalue weighted by molar-refractivity contribution is 9.09. The van der Waals surface area contributed by atoms with Crippen LogP contribution in [0.5, 0.6) is 0 Å². The Hall–Kier alpha value is -1.12. The van der Waals surface area contributed by atoms with Crippen LogP contribution >= 0.6 is 15.9 Å². The smallest absolute Gasteiger partial charge is 0.0838 e. The highest BCUT2D eigenvalue weighted by Gasteiger charge is 2.17. The van der Waals surface area contributed by atoms with Crippen LogP contribution in [0.15, 0.2) is 60.7 Å². The lowest BCUT2D eigenvalue weighted by atomic mass is 10.0. The van der Waals surface area contributed by atoms with Crippen molar-refractivity contribution in [3.63, 3.8) is 0 Å². The van der Waals surface area contributed by atoms with E-state index in [9.17, 15) is 0 Å². The fourth-order valence-electron chi connectivity index (χ4n) is 2.16. The maximum absolute atomic E-state index is 5.89. The van der Waals surface area contributed by atoms with Gasteiger partial charge in [0.2, 0.25) is 0 Å². The molecule has 0 spiro atoms. The minimum Gasteiger partial charge on any atom is -0.374 e. The van der Waals surface area contributed by atoms with Gasteiger partial charge in [-0.15, -0.1) is 0 Å². The molecule has 1 nitrogen and oxygen atoms in total. The molecule has 0 aliphatic carbocycles. The largest absolute Gasteiger partial charge is 0.374 e. The molecule has 0 fully saturated rings. The van der Waals surface area contributed by atoms with Gasteiger partial charge in [-0.1, -0.05) is 76.6 Å². The molecule has 100 valence electrons. The Bertz CT molecular complexity index is 469. The number of rotatable bonds is 6. The van der Waals surface area contributed by atoms with E-state index in [0.717, 1.165) is 13.0 Å². The van der Waals surface area contributed by atoms with E-state index in [-0.39, 0.29) is 6.10 Å². The topological polar surface area (TPSA) is 9.23 Å². The van der Waals surface area contributed by atoms with Crippen molar-refractivity contribution in [2.24, 2.45) is 0 Å². The Labute approximate surface area is 123 Å². The molecule has 0 radical (unpaired) electrons. The molecule has 0 saturated carbocycles. The van der Waals surface area contributed by atoms with E-state index in [1.54, 1.807) is 0 Å². The molecule has 0 amide bonds. The van der Waals surface area contributed by atoms with Crippen LogP contribution in [0.2, 0.25) is 0 Å². The van der Waals surface area contributed by atoms with E-state index in [0.29, 0.717) is 4.83 Å². The van der Waals surface area contributed by atoms with Crippen molar-refractivity contribution in [1.29, 1.82) is 0 Å². The highest BCUT2D eigenvalue weighted by Crippen LogP contribution is 2.34. The molecule has 2 aromatic carbocycles. The van der Waals surface area contributed by atoms with E-state index >= 15 is 0 Å². The van der Waals surface area contributed by atoms with Gasteiger partial charge in [-0.25, -0.2) is 0 Å². The van der Waals surface area contributed by atoms with Crippen molar-refractivity contribution in [1.82, 2.24) is 0 Å². The summed E-state index contributed by atoms with van der Waals surface area (Å²) >= 11 is 3.77. The van der Waals surface area contributed by atoms with Crippen molar-refractivity contribution in [3.8, 4) is 0 Å². The van der Waals surface area contributed by atoms with Gasteiger partial charge in [0, 0.05) is 11.4 Å². The van der Waals surface area contributed by atoms with Crippen LogP contribution in [0.3, 0.4) is 0 Å². The summed E-state index contributed by atoms with van der Waals surface area (Å²) in [6.45, 7) is 2.77. The first-order valence-electron chi connectivity index (χ1n) is 6.66. The molecule has 0 aliphatic rings. The molecular weight excluding hydrogens is 300 g/mol. The normalized spacial score (nSPS) is 14.0. The molecule has 0 aliphatic heterocycles. The van der Waals surface area contributed by atoms with E-state index in [4.69, 9.17) is 4.74 Å². The zero-order valence-electron chi connectivity index (χ0n) is 11.1. The molecule has 0 N–H and O–H groups in total. The van der Waals surface area contributed by atoms with E-state index in [1.165, 1.54) is 11.1 Å². The monoisotopic (exact) mass is 318 g/mol. The summed E-state index contributed by atoms with van der Waals surface area (Å²) in [6, 6.07) is 20.9. The summed E-state index contributed by atoms with van der Waals surface area (Å²) in [5.41, 5.74) is 2.54. The second-order valence-corrected chi connectivity index (χ2v) is 5.57. The van der Waals surface area contributed by atoms with Crippen molar-refractivity contribution in [2.75, 3.05) is 6.61 Å². The van der Waals surface area contributed by atoms with Crippen molar-refractivity contribution >= 4 is 15.9 Å². The fraction of sp³-hybridized carbons (Fsp3) is 0.294. The molecule has 19 heavy (non-hydrogen) atoms. The van der Waals surface area contributed by atoms with Gasteiger partial charge in [-0.2, -0.15) is 0 Å². The molecule has 2 heteroatoms.